The molecule has 5 rings (SSSR count). The summed E-state index contributed by atoms with van der Waals surface area (Å²) in [4.78, 5) is 43.5. The lowest BCUT2D eigenvalue weighted by atomic mass is 10.0. The van der Waals surface area contributed by atoms with Crippen molar-refractivity contribution in [2.24, 2.45) is 5.92 Å². The molecule has 2 heterocycles. The molecule has 0 aliphatic carbocycles. The first-order valence-corrected chi connectivity index (χ1v) is 18.8. The molecule has 5 aromatic rings. The number of carbonyl (C=O) groups is 2. The minimum absolute atomic E-state index is 0.00395. The van der Waals surface area contributed by atoms with Gasteiger partial charge in [-0.05, 0) is 60.9 Å². The van der Waals surface area contributed by atoms with Crippen molar-refractivity contribution in [1.29, 1.82) is 0 Å². The van der Waals surface area contributed by atoms with Gasteiger partial charge in [0.15, 0.2) is 0 Å². The van der Waals surface area contributed by atoms with Gasteiger partial charge in [-0.2, -0.15) is 0 Å². The van der Waals surface area contributed by atoms with Crippen LogP contribution in [-0.4, -0.2) is 40.9 Å². The van der Waals surface area contributed by atoms with E-state index >= 15 is 4.39 Å². The highest BCUT2D eigenvalue weighted by molar-refractivity contribution is 7.90. The number of nitrogens with one attached hydrogen (secondary N) is 2. The second-order valence-electron chi connectivity index (χ2n) is 13.0. The summed E-state index contributed by atoms with van der Waals surface area (Å²) < 4.78 is 47.8. The maximum absolute atomic E-state index is 15.9. The smallest absolute Gasteiger partial charge is 0.277 e. The van der Waals surface area contributed by atoms with Crippen molar-refractivity contribution in [3.05, 3.63) is 118 Å². The monoisotopic (exact) mass is 713 g/mol. The zero-order valence-corrected chi connectivity index (χ0v) is 30.0. The molecule has 0 atom stereocenters. The Morgan fingerprint density at radius 2 is 1.69 bits per heavy atom. The Morgan fingerprint density at radius 3 is 2.41 bits per heavy atom. The molecule has 2 aromatic heterocycles. The molecule has 0 saturated carbocycles. The van der Waals surface area contributed by atoms with Gasteiger partial charge in [0.05, 0.1) is 17.0 Å². The quantitative estimate of drug-likeness (QED) is 0.121. The Morgan fingerprint density at radius 1 is 0.941 bits per heavy atom. The lowest BCUT2D eigenvalue weighted by Crippen LogP contribution is -2.33. The van der Waals surface area contributed by atoms with Gasteiger partial charge in [-0.15, -0.1) is 0 Å². The van der Waals surface area contributed by atoms with Crippen LogP contribution in [0.25, 0.3) is 22.2 Å². The summed E-state index contributed by atoms with van der Waals surface area (Å²) in [6, 6.07) is 21.5. The van der Waals surface area contributed by atoms with Gasteiger partial charge >= 0.3 is 0 Å². The highest BCUT2D eigenvalue weighted by Crippen LogP contribution is 2.29. The van der Waals surface area contributed by atoms with Crippen molar-refractivity contribution in [3.8, 4) is 11.1 Å². The number of fused-ring (bicyclic) bond motifs is 1. The van der Waals surface area contributed by atoms with Gasteiger partial charge in [-0.3, -0.25) is 14.4 Å². The average Bonchev–Trinajstić information content (AvgIpc) is 3.45. The van der Waals surface area contributed by atoms with E-state index in [2.05, 4.69) is 28.9 Å². The maximum atomic E-state index is 15.9. The first kappa shape index (κ1) is 37.2. The fraction of sp³-hybridized carbons (Fsp3) is 0.333. The Bertz CT molecular complexity index is 2180. The summed E-state index contributed by atoms with van der Waals surface area (Å²) in [7, 11) is -4.27. The number of nitrogens with zero attached hydrogens (tertiary/aromatic N) is 3. The number of sulfonamides is 1. The first-order chi connectivity index (χ1) is 24.5. The Hall–Kier alpha value is -5.10. The molecule has 51 heavy (non-hydrogen) atoms. The van der Waals surface area contributed by atoms with Crippen LogP contribution in [0.4, 0.5) is 4.39 Å². The van der Waals surface area contributed by atoms with E-state index < -0.39 is 27.3 Å². The number of pyridine rings is 1. The SMILES string of the molecule is CCCc1nc2ccn(CC(=O)NCCCC(C)C)c(=O)c2n1Cc1ccc(-c2ccccc2S(=O)(=O)NC(=O)CCc2ccccc2)cc1F. The van der Waals surface area contributed by atoms with E-state index in [4.69, 9.17) is 0 Å². The lowest BCUT2D eigenvalue weighted by molar-refractivity contribution is -0.122. The minimum Gasteiger partial charge on any atom is -0.355 e. The first-order valence-electron chi connectivity index (χ1n) is 17.3. The van der Waals surface area contributed by atoms with E-state index in [-0.39, 0.29) is 47.0 Å². The molecule has 3 aromatic carbocycles. The molecule has 2 N–H and O–H groups in total. The van der Waals surface area contributed by atoms with Crippen molar-refractivity contribution in [3.63, 3.8) is 0 Å². The third kappa shape index (κ3) is 9.37. The maximum Gasteiger partial charge on any atom is 0.277 e. The Balaban J connectivity index is 1.38. The average molecular weight is 714 g/mol. The van der Waals surface area contributed by atoms with E-state index in [0.717, 1.165) is 24.8 Å². The number of carbonyl (C=O) groups excluding carboxylic acids is 2. The van der Waals surface area contributed by atoms with Gasteiger partial charge in [0.2, 0.25) is 11.8 Å². The van der Waals surface area contributed by atoms with Crippen molar-refractivity contribution < 1.29 is 22.4 Å². The topological polar surface area (TPSA) is 132 Å². The predicted octanol–water partition coefficient (Wildman–Crippen LogP) is 6.00. The number of halogens is 1. The van der Waals surface area contributed by atoms with E-state index in [9.17, 15) is 22.8 Å². The zero-order chi connectivity index (χ0) is 36.5. The van der Waals surface area contributed by atoms with Gasteiger partial charge in [0.1, 0.15) is 23.7 Å². The molecular weight excluding hydrogens is 670 g/mol. The number of aryl methyl sites for hydroxylation is 2. The Labute approximate surface area is 297 Å². The van der Waals surface area contributed by atoms with Gasteiger partial charge in [0, 0.05) is 36.7 Å². The zero-order valence-electron chi connectivity index (χ0n) is 29.2. The Kier molecular flexibility index (Phi) is 12.2. The van der Waals surface area contributed by atoms with Crippen LogP contribution in [-0.2, 0) is 45.5 Å². The van der Waals surface area contributed by atoms with Gasteiger partial charge in [0.25, 0.3) is 15.6 Å². The van der Waals surface area contributed by atoms with Crippen LogP contribution in [0.1, 0.15) is 63.4 Å². The molecular formula is C39H44FN5O5S. The third-order valence-electron chi connectivity index (χ3n) is 8.62. The summed E-state index contributed by atoms with van der Waals surface area (Å²) in [6.45, 7) is 6.61. The molecule has 0 spiro atoms. The molecule has 0 aliphatic heterocycles. The van der Waals surface area contributed by atoms with Crippen LogP contribution in [0.2, 0.25) is 0 Å². The van der Waals surface area contributed by atoms with Crippen LogP contribution in [0.15, 0.2) is 94.7 Å². The normalized spacial score (nSPS) is 11.6. The van der Waals surface area contributed by atoms with Crippen LogP contribution in [0.3, 0.4) is 0 Å². The highest BCUT2D eigenvalue weighted by Gasteiger charge is 2.23. The van der Waals surface area contributed by atoms with Crippen molar-refractivity contribution in [1.82, 2.24) is 24.2 Å². The van der Waals surface area contributed by atoms with Crippen LogP contribution < -0.4 is 15.6 Å². The minimum atomic E-state index is -4.27. The fourth-order valence-corrected chi connectivity index (χ4v) is 7.24. The van der Waals surface area contributed by atoms with Crippen molar-refractivity contribution >= 4 is 32.9 Å². The van der Waals surface area contributed by atoms with E-state index in [1.807, 2.05) is 37.3 Å². The van der Waals surface area contributed by atoms with Crippen LogP contribution in [0, 0.1) is 11.7 Å². The van der Waals surface area contributed by atoms with Gasteiger partial charge in [-0.1, -0.05) is 81.4 Å². The highest BCUT2D eigenvalue weighted by atomic mass is 32.2. The predicted molar refractivity (Wildman–Crippen MR) is 196 cm³/mol. The number of hydrogen-bond acceptors (Lipinski definition) is 6. The second kappa shape index (κ2) is 16.7. The number of benzene rings is 3. The summed E-state index contributed by atoms with van der Waals surface area (Å²) in [5.41, 5.74) is 2.05. The number of rotatable bonds is 16. The number of aromatic nitrogens is 3. The summed E-state index contributed by atoms with van der Waals surface area (Å²) in [5.74, 6) is -0.369. The molecule has 10 nitrogen and oxygen atoms in total. The van der Waals surface area contributed by atoms with E-state index in [1.165, 1.54) is 16.7 Å². The van der Waals surface area contributed by atoms with Crippen LogP contribution in [0.5, 0.6) is 0 Å². The molecule has 2 amide bonds. The third-order valence-corrected chi connectivity index (χ3v) is 10.0. The summed E-state index contributed by atoms with van der Waals surface area (Å²) in [5, 5.41) is 2.87. The largest absolute Gasteiger partial charge is 0.355 e. The van der Waals surface area contributed by atoms with Crippen LogP contribution >= 0.6 is 0 Å². The lowest BCUT2D eigenvalue weighted by Gasteiger charge is -2.14. The fourth-order valence-electron chi connectivity index (χ4n) is 5.99. The molecule has 268 valence electrons. The summed E-state index contributed by atoms with van der Waals surface area (Å²) in [6.07, 6.45) is 5.04. The van der Waals surface area contributed by atoms with Crippen molar-refractivity contribution in [2.45, 2.75) is 77.3 Å². The second-order valence-corrected chi connectivity index (χ2v) is 14.7. The molecule has 0 radical (unpaired) electrons. The molecule has 0 saturated heterocycles. The molecule has 12 heteroatoms. The van der Waals surface area contributed by atoms with Gasteiger partial charge in [-0.25, -0.2) is 22.5 Å². The molecule has 0 bridgehead atoms. The van der Waals surface area contributed by atoms with E-state index in [0.29, 0.717) is 42.2 Å². The molecule has 0 unspecified atom stereocenters. The number of imidazole rings is 1. The molecule has 0 fully saturated rings. The van der Waals surface area contributed by atoms with Crippen molar-refractivity contribution in [2.75, 3.05) is 6.54 Å². The number of amides is 2. The molecule has 0 aliphatic rings. The van der Waals surface area contributed by atoms with Gasteiger partial charge < -0.3 is 14.5 Å². The van der Waals surface area contributed by atoms with E-state index in [1.54, 1.807) is 47.2 Å². The standard InChI is InChI=1S/C39H44FN5O5S/c1-4-11-35-42-33-21-23-44(26-37(47)41-22-10-12-27(2)3)39(48)38(33)45(35)25-30-19-18-29(24-32(30)40)31-15-8-9-16-34(31)51(49,50)43-36(46)20-17-28-13-6-5-7-14-28/h5-9,13-16,18-19,21,23-24,27H,4,10-12,17,20,22,25-26H2,1-3H3,(H,41,47)(H,43,46). The number of hydrogen-bond donors (Lipinski definition) is 2. The summed E-state index contributed by atoms with van der Waals surface area (Å²) >= 11 is 0.